The number of ether oxygens (including phenoxy) is 2. The summed E-state index contributed by atoms with van der Waals surface area (Å²) >= 11 is 0. The van der Waals surface area contributed by atoms with Crippen LogP contribution in [0.4, 0.5) is 5.69 Å². The fourth-order valence-corrected chi connectivity index (χ4v) is 2.75. The standard InChI is InChI=1S/C22H27NO4/c1-4-16(2)17-10-6-8-13-20(17)27-15-9-14-21(24)23-19-12-7-5-11-18(19)22(25)26-3/h5-8,10-13,16H,4,9,14-15H2,1-3H3,(H,23,24). The van der Waals surface area contributed by atoms with Gasteiger partial charge >= 0.3 is 5.97 Å². The number of hydrogen-bond acceptors (Lipinski definition) is 4. The summed E-state index contributed by atoms with van der Waals surface area (Å²) in [6, 6.07) is 14.8. The average molecular weight is 369 g/mol. The van der Waals surface area contributed by atoms with Gasteiger partial charge in [-0.15, -0.1) is 0 Å². The minimum atomic E-state index is -0.476. The van der Waals surface area contributed by atoms with Crippen LogP contribution in [0.1, 0.15) is 54.9 Å². The van der Waals surface area contributed by atoms with Crippen LogP contribution < -0.4 is 10.1 Å². The molecule has 0 radical (unpaired) electrons. The molecule has 0 bridgehead atoms. The molecule has 0 saturated heterocycles. The van der Waals surface area contributed by atoms with E-state index in [1.54, 1.807) is 24.3 Å². The third-order valence-electron chi connectivity index (χ3n) is 4.47. The van der Waals surface area contributed by atoms with Crippen LogP contribution in [-0.4, -0.2) is 25.6 Å². The van der Waals surface area contributed by atoms with Crippen molar-refractivity contribution in [1.29, 1.82) is 0 Å². The van der Waals surface area contributed by atoms with Gasteiger partial charge in [-0.2, -0.15) is 0 Å². The Balaban J connectivity index is 1.85. The van der Waals surface area contributed by atoms with Gasteiger partial charge < -0.3 is 14.8 Å². The van der Waals surface area contributed by atoms with Gasteiger partial charge in [0.1, 0.15) is 5.75 Å². The molecular weight excluding hydrogens is 342 g/mol. The number of methoxy groups -OCH3 is 1. The van der Waals surface area contributed by atoms with Crippen molar-refractivity contribution in [3.8, 4) is 5.75 Å². The number of hydrogen-bond donors (Lipinski definition) is 1. The van der Waals surface area contributed by atoms with Crippen molar-refractivity contribution >= 4 is 17.6 Å². The number of carbonyl (C=O) groups excluding carboxylic acids is 2. The first kappa shape index (κ1) is 20.5. The van der Waals surface area contributed by atoms with Crippen molar-refractivity contribution in [1.82, 2.24) is 0 Å². The van der Waals surface area contributed by atoms with Crippen LogP contribution >= 0.6 is 0 Å². The summed E-state index contributed by atoms with van der Waals surface area (Å²) in [5, 5.41) is 2.77. The maximum absolute atomic E-state index is 12.2. The molecule has 27 heavy (non-hydrogen) atoms. The second-order valence-corrected chi connectivity index (χ2v) is 6.38. The highest BCUT2D eigenvalue weighted by atomic mass is 16.5. The van der Waals surface area contributed by atoms with E-state index in [9.17, 15) is 9.59 Å². The topological polar surface area (TPSA) is 64.6 Å². The van der Waals surface area contributed by atoms with Crippen molar-refractivity contribution in [2.75, 3.05) is 19.0 Å². The molecule has 0 fully saturated rings. The van der Waals surface area contributed by atoms with Crippen LogP contribution in [-0.2, 0) is 9.53 Å². The fourth-order valence-electron chi connectivity index (χ4n) is 2.75. The van der Waals surface area contributed by atoms with Crippen molar-refractivity contribution in [2.45, 2.75) is 39.0 Å². The Morgan fingerprint density at radius 1 is 1.07 bits per heavy atom. The highest BCUT2D eigenvalue weighted by molar-refractivity contribution is 6.01. The largest absolute Gasteiger partial charge is 0.493 e. The van der Waals surface area contributed by atoms with E-state index < -0.39 is 5.97 Å². The maximum atomic E-state index is 12.2. The zero-order chi connectivity index (χ0) is 19.6. The third-order valence-corrected chi connectivity index (χ3v) is 4.47. The van der Waals surface area contributed by atoms with Crippen molar-refractivity contribution < 1.29 is 19.1 Å². The number of esters is 1. The number of benzene rings is 2. The number of nitrogens with one attached hydrogen (secondary N) is 1. The predicted molar refractivity (Wildman–Crippen MR) is 106 cm³/mol. The summed E-state index contributed by atoms with van der Waals surface area (Å²) in [6.45, 7) is 4.78. The van der Waals surface area contributed by atoms with E-state index in [2.05, 4.69) is 25.2 Å². The fraction of sp³-hybridized carbons (Fsp3) is 0.364. The first-order valence-corrected chi connectivity index (χ1v) is 9.25. The van der Waals surface area contributed by atoms with Gasteiger partial charge in [0.25, 0.3) is 0 Å². The number of carbonyl (C=O) groups is 2. The van der Waals surface area contributed by atoms with Gasteiger partial charge in [-0.05, 0) is 42.5 Å². The van der Waals surface area contributed by atoms with Crippen LogP contribution in [0.2, 0.25) is 0 Å². The highest BCUT2D eigenvalue weighted by Crippen LogP contribution is 2.28. The van der Waals surface area contributed by atoms with E-state index in [0.717, 1.165) is 12.2 Å². The Bertz CT molecular complexity index is 772. The highest BCUT2D eigenvalue weighted by Gasteiger charge is 2.13. The molecule has 2 aromatic carbocycles. The van der Waals surface area contributed by atoms with Gasteiger partial charge in [-0.25, -0.2) is 4.79 Å². The molecule has 1 N–H and O–H groups in total. The smallest absolute Gasteiger partial charge is 0.339 e. The third kappa shape index (κ3) is 5.84. The Labute approximate surface area is 160 Å². The molecule has 2 rings (SSSR count). The monoisotopic (exact) mass is 369 g/mol. The average Bonchev–Trinajstić information content (AvgIpc) is 2.70. The molecule has 0 heterocycles. The van der Waals surface area contributed by atoms with Crippen LogP contribution in [0.25, 0.3) is 0 Å². The summed E-state index contributed by atoms with van der Waals surface area (Å²) in [4.78, 5) is 23.9. The van der Waals surface area contributed by atoms with E-state index >= 15 is 0 Å². The lowest BCUT2D eigenvalue weighted by Gasteiger charge is -2.15. The van der Waals surface area contributed by atoms with Crippen LogP contribution in [0.5, 0.6) is 5.75 Å². The number of para-hydroxylation sites is 2. The Hall–Kier alpha value is -2.82. The second-order valence-electron chi connectivity index (χ2n) is 6.38. The maximum Gasteiger partial charge on any atom is 0.339 e. The number of rotatable bonds is 9. The van der Waals surface area contributed by atoms with Crippen LogP contribution in [0.3, 0.4) is 0 Å². The molecular formula is C22H27NO4. The van der Waals surface area contributed by atoms with Gasteiger partial charge in [-0.1, -0.05) is 44.2 Å². The molecule has 0 spiro atoms. The van der Waals surface area contributed by atoms with Crippen LogP contribution in [0.15, 0.2) is 48.5 Å². The van der Waals surface area contributed by atoms with Crippen molar-refractivity contribution in [3.05, 3.63) is 59.7 Å². The quantitative estimate of drug-likeness (QED) is 0.510. The molecule has 0 aliphatic heterocycles. The molecule has 5 heteroatoms. The minimum absolute atomic E-state index is 0.162. The first-order valence-electron chi connectivity index (χ1n) is 9.25. The molecule has 0 aliphatic carbocycles. The Morgan fingerprint density at radius 3 is 2.52 bits per heavy atom. The minimum Gasteiger partial charge on any atom is -0.493 e. The number of anilines is 1. The van der Waals surface area contributed by atoms with Crippen molar-refractivity contribution in [3.63, 3.8) is 0 Å². The second kappa shape index (κ2) is 10.4. The molecule has 0 aromatic heterocycles. The lowest BCUT2D eigenvalue weighted by molar-refractivity contribution is -0.116. The summed E-state index contributed by atoms with van der Waals surface area (Å²) in [6.07, 6.45) is 1.93. The van der Waals surface area contributed by atoms with E-state index in [1.807, 2.05) is 18.2 Å². The van der Waals surface area contributed by atoms with Gasteiger partial charge in [0.15, 0.2) is 0 Å². The molecule has 2 aromatic rings. The van der Waals surface area contributed by atoms with Crippen LogP contribution in [0, 0.1) is 0 Å². The van der Waals surface area contributed by atoms with Gasteiger partial charge in [-0.3, -0.25) is 4.79 Å². The Morgan fingerprint density at radius 2 is 1.78 bits per heavy atom. The molecule has 0 aliphatic rings. The molecule has 5 nitrogen and oxygen atoms in total. The van der Waals surface area contributed by atoms with E-state index in [1.165, 1.54) is 12.7 Å². The SMILES string of the molecule is CCC(C)c1ccccc1OCCCC(=O)Nc1ccccc1C(=O)OC. The lowest BCUT2D eigenvalue weighted by atomic mass is 9.98. The lowest BCUT2D eigenvalue weighted by Crippen LogP contribution is -2.16. The molecule has 0 saturated carbocycles. The normalized spacial score (nSPS) is 11.5. The molecule has 1 atom stereocenters. The predicted octanol–water partition coefficient (Wildman–Crippen LogP) is 4.78. The summed E-state index contributed by atoms with van der Waals surface area (Å²) in [7, 11) is 1.31. The molecule has 144 valence electrons. The first-order chi connectivity index (χ1) is 13.1. The summed E-state index contributed by atoms with van der Waals surface area (Å²) < 4.78 is 10.6. The zero-order valence-electron chi connectivity index (χ0n) is 16.2. The number of amides is 1. The van der Waals surface area contributed by atoms with E-state index in [4.69, 9.17) is 9.47 Å². The zero-order valence-corrected chi connectivity index (χ0v) is 16.2. The van der Waals surface area contributed by atoms with Gasteiger partial charge in [0.05, 0.1) is 25.0 Å². The molecule has 1 amide bonds. The van der Waals surface area contributed by atoms with Crippen molar-refractivity contribution in [2.24, 2.45) is 0 Å². The summed E-state index contributed by atoms with van der Waals surface area (Å²) in [5.41, 5.74) is 1.99. The molecule has 1 unspecified atom stereocenters. The van der Waals surface area contributed by atoms with Gasteiger partial charge in [0, 0.05) is 6.42 Å². The van der Waals surface area contributed by atoms with E-state index in [-0.39, 0.29) is 5.91 Å². The van der Waals surface area contributed by atoms with Gasteiger partial charge in [0.2, 0.25) is 5.91 Å². The van der Waals surface area contributed by atoms with E-state index in [0.29, 0.717) is 36.6 Å². The Kier molecular flexibility index (Phi) is 7.86. The summed E-state index contributed by atoms with van der Waals surface area (Å²) in [5.74, 6) is 0.670.